The lowest BCUT2D eigenvalue weighted by Crippen LogP contribution is -2.03. The Hall–Kier alpha value is -1.91. The van der Waals surface area contributed by atoms with Gasteiger partial charge >= 0.3 is 6.09 Å². The highest BCUT2D eigenvalue weighted by atomic mass is 16.5. The molecule has 0 fully saturated rings. The average molecular weight is 184 g/mol. The fourth-order valence-electron chi connectivity index (χ4n) is 0.604. The van der Waals surface area contributed by atoms with Gasteiger partial charge in [-0.25, -0.2) is 4.79 Å². The van der Waals surface area contributed by atoms with Crippen molar-refractivity contribution >= 4 is 11.8 Å². The highest BCUT2D eigenvalue weighted by Crippen LogP contribution is 2.11. The molecule has 0 aliphatic heterocycles. The Labute approximate surface area is 75.9 Å². The Morgan fingerprint density at radius 2 is 1.77 bits per heavy atom. The lowest BCUT2D eigenvalue weighted by Gasteiger charge is -1.97. The second kappa shape index (κ2) is 5.70. The highest BCUT2D eigenvalue weighted by molar-refractivity contribution is 5.61. The van der Waals surface area contributed by atoms with Gasteiger partial charge in [-0.15, -0.1) is 0 Å². The number of hydrogen-bond donors (Lipinski definition) is 3. The lowest BCUT2D eigenvalue weighted by atomic mass is 10.3. The Bertz CT molecular complexity index is 255. The number of benzene rings is 1. The predicted molar refractivity (Wildman–Crippen MR) is 49.6 cm³/mol. The summed E-state index contributed by atoms with van der Waals surface area (Å²) in [6.07, 6.45) is -1.33. The minimum Gasteiger partial charge on any atom is -0.497 e. The average Bonchev–Trinajstić information content (AvgIpc) is 2.05. The van der Waals surface area contributed by atoms with Crippen LogP contribution in [0.15, 0.2) is 24.3 Å². The number of ether oxygens (including phenoxy) is 1. The number of carbonyl (C=O) groups is 1. The molecule has 5 heteroatoms. The van der Waals surface area contributed by atoms with Gasteiger partial charge in [-0.3, -0.25) is 0 Å². The second-order valence-electron chi connectivity index (χ2n) is 2.11. The standard InChI is InChI=1S/C7H9NO.CH3NO2/c1-9-7-4-2-6(8)3-5-7;2-1(3)4/h2-5H,8H2,1H3;2H2,(H,3,4). The molecule has 1 aromatic carbocycles. The maximum absolute atomic E-state index is 8.78. The molecule has 0 aliphatic rings. The molecule has 1 amide bonds. The van der Waals surface area contributed by atoms with Crippen LogP contribution in [0.4, 0.5) is 10.5 Å². The van der Waals surface area contributed by atoms with Crippen LogP contribution in [0.5, 0.6) is 5.75 Å². The largest absolute Gasteiger partial charge is 0.497 e. The lowest BCUT2D eigenvalue weighted by molar-refractivity contribution is 0.205. The van der Waals surface area contributed by atoms with Gasteiger partial charge in [0.1, 0.15) is 5.75 Å². The summed E-state index contributed by atoms with van der Waals surface area (Å²) in [5.74, 6) is 0.837. The van der Waals surface area contributed by atoms with Gasteiger partial charge in [0, 0.05) is 5.69 Å². The molecule has 0 bridgehead atoms. The van der Waals surface area contributed by atoms with Crippen LogP contribution in [-0.2, 0) is 0 Å². The molecular formula is C8H12N2O3. The first-order valence-electron chi connectivity index (χ1n) is 3.44. The molecule has 72 valence electrons. The molecule has 0 radical (unpaired) electrons. The molecule has 0 spiro atoms. The van der Waals surface area contributed by atoms with Crippen molar-refractivity contribution < 1.29 is 14.6 Å². The summed E-state index contributed by atoms with van der Waals surface area (Å²) in [5.41, 5.74) is 10.2. The zero-order valence-electron chi connectivity index (χ0n) is 7.23. The molecule has 0 aromatic heterocycles. The van der Waals surface area contributed by atoms with Gasteiger partial charge in [0.05, 0.1) is 7.11 Å². The first-order valence-corrected chi connectivity index (χ1v) is 3.44. The van der Waals surface area contributed by atoms with E-state index in [4.69, 9.17) is 20.4 Å². The monoisotopic (exact) mass is 184 g/mol. The van der Waals surface area contributed by atoms with Crippen LogP contribution in [0, 0.1) is 0 Å². The number of amides is 1. The fourth-order valence-corrected chi connectivity index (χ4v) is 0.604. The van der Waals surface area contributed by atoms with E-state index in [0.29, 0.717) is 0 Å². The summed E-state index contributed by atoms with van der Waals surface area (Å²) < 4.78 is 4.91. The normalized spacial score (nSPS) is 8.08. The van der Waals surface area contributed by atoms with Crippen molar-refractivity contribution in [2.45, 2.75) is 0 Å². The van der Waals surface area contributed by atoms with Crippen LogP contribution in [0.3, 0.4) is 0 Å². The van der Waals surface area contributed by atoms with Gasteiger partial charge in [0.2, 0.25) is 0 Å². The summed E-state index contributed by atoms with van der Waals surface area (Å²) in [6, 6.07) is 7.27. The van der Waals surface area contributed by atoms with Crippen molar-refractivity contribution in [3.8, 4) is 5.75 Å². The number of rotatable bonds is 1. The molecule has 0 heterocycles. The Kier molecular flexibility index (Phi) is 4.87. The summed E-state index contributed by atoms with van der Waals surface area (Å²) in [6.45, 7) is 0. The van der Waals surface area contributed by atoms with Gasteiger partial charge in [0.25, 0.3) is 0 Å². The van der Waals surface area contributed by atoms with Crippen molar-refractivity contribution in [3.63, 3.8) is 0 Å². The van der Waals surface area contributed by atoms with Crippen molar-refractivity contribution in [3.05, 3.63) is 24.3 Å². The number of methoxy groups -OCH3 is 1. The van der Waals surface area contributed by atoms with Crippen LogP contribution in [0.1, 0.15) is 0 Å². The van der Waals surface area contributed by atoms with Crippen molar-refractivity contribution in [1.29, 1.82) is 0 Å². The molecule has 0 unspecified atom stereocenters. The van der Waals surface area contributed by atoms with E-state index in [2.05, 4.69) is 5.73 Å². The SMILES string of the molecule is COc1ccc(N)cc1.NC(=O)O. The summed E-state index contributed by atoms with van der Waals surface area (Å²) in [7, 11) is 1.63. The van der Waals surface area contributed by atoms with Gasteiger partial charge in [-0.1, -0.05) is 0 Å². The van der Waals surface area contributed by atoms with Gasteiger partial charge in [-0.2, -0.15) is 0 Å². The third-order valence-electron chi connectivity index (χ3n) is 1.12. The fraction of sp³-hybridized carbons (Fsp3) is 0.125. The predicted octanol–water partition coefficient (Wildman–Crippen LogP) is 0.901. The van der Waals surface area contributed by atoms with E-state index < -0.39 is 6.09 Å². The first-order chi connectivity index (χ1) is 6.06. The molecule has 0 atom stereocenters. The molecule has 1 aromatic rings. The van der Waals surface area contributed by atoms with Crippen LogP contribution in [-0.4, -0.2) is 18.3 Å². The van der Waals surface area contributed by atoms with Crippen LogP contribution < -0.4 is 16.2 Å². The minimum atomic E-state index is -1.33. The van der Waals surface area contributed by atoms with E-state index in [1.807, 2.05) is 12.1 Å². The third-order valence-corrected chi connectivity index (χ3v) is 1.12. The maximum atomic E-state index is 8.78. The van der Waals surface area contributed by atoms with E-state index in [9.17, 15) is 0 Å². The molecule has 1 rings (SSSR count). The quantitative estimate of drug-likeness (QED) is 0.564. The third kappa shape index (κ3) is 6.49. The maximum Gasteiger partial charge on any atom is 0.402 e. The van der Waals surface area contributed by atoms with E-state index >= 15 is 0 Å². The number of hydrogen-bond acceptors (Lipinski definition) is 3. The number of nitrogen functional groups attached to an aromatic ring is 1. The molecular weight excluding hydrogens is 172 g/mol. The van der Waals surface area contributed by atoms with Crippen LogP contribution in [0.2, 0.25) is 0 Å². The molecule has 0 aliphatic carbocycles. The topological polar surface area (TPSA) is 98.6 Å². The Morgan fingerprint density at radius 1 is 1.38 bits per heavy atom. The molecule has 0 saturated carbocycles. The second-order valence-corrected chi connectivity index (χ2v) is 2.11. The molecule has 5 N–H and O–H groups in total. The zero-order valence-corrected chi connectivity index (χ0v) is 7.23. The van der Waals surface area contributed by atoms with E-state index in [1.165, 1.54) is 0 Å². The van der Waals surface area contributed by atoms with Crippen molar-refractivity contribution in [1.82, 2.24) is 0 Å². The number of nitrogens with two attached hydrogens (primary N) is 2. The molecule has 13 heavy (non-hydrogen) atoms. The zero-order chi connectivity index (χ0) is 10.3. The van der Waals surface area contributed by atoms with Crippen LogP contribution in [0.25, 0.3) is 0 Å². The van der Waals surface area contributed by atoms with Crippen LogP contribution >= 0.6 is 0 Å². The van der Waals surface area contributed by atoms with Crippen molar-refractivity contribution in [2.75, 3.05) is 12.8 Å². The number of anilines is 1. The minimum absolute atomic E-state index is 0.760. The molecule has 0 saturated heterocycles. The number of primary amides is 1. The van der Waals surface area contributed by atoms with E-state index in [-0.39, 0.29) is 0 Å². The smallest absolute Gasteiger partial charge is 0.402 e. The van der Waals surface area contributed by atoms with E-state index in [0.717, 1.165) is 11.4 Å². The van der Waals surface area contributed by atoms with Gasteiger partial charge in [0.15, 0.2) is 0 Å². The Morgan fingerprint density at radius 3 is 2.08 bits per heavy atom. The summed E-state index contributed by atoms with van der Waals surface area (Å²) in [4.78, 5) is 8.78. The van der Waals surface area contributed by atoms with Gasteiger partial charge in [-0.05, 0) is 24.3 Å². The summed E-state index contributed by atoms with van der Waals surface area (Å²) >= 11 is 0. The number of carboxylic acid groups (broad SMARTS) is 1. The Balaban J connectivity index is 0.000000310. The highest BCUT2D eigenvalue weighted by Gasteiger charge is 1.86. The molecule has 5 nitrogen and oxygen atoms in total. The van der Waals surface area contributed by atoms with E-state index in [1.54, 1.807) is 19.2 Å². The summed E-state index contributed by atoms with van der Waals surface area (Å²) in [5, 5.41) is 7.19. The van der Waals surface area contributed by atoms with Gasteiger partial charge < -0.3 is 21.3 Å². The van der Waals surface area contributed by atoms with Crippen molar-refractivity contribution in [2.24, 2.45) is 5.73 Å². The first kappa shape index (κ1) is 11.1.